The number of likely N-dealkylation sites (N-methyl/N-ethyl adjacent to an activating group) is 1. The average molecular weight is 331 g/mol. The molecule has 2 aromatic rings. The fraction of sp³-hybridized carbons (Fsp3) is 0.500. The first-order valence-corrected chi connectivity index (χ1v) is 8.54. The van der Waals surface area contributed by atoms with Gasteiger partial charge in [-0.15, -0.1) is 0 Å². The summed E-state index contributed by atoms with van der Waals surface area (Å²) in [4.78, 5) is 12.4. The number of imidazole rings is 1. The van der Waals surface area contributed by atoms with Crippen LogP contribution in [-0.4, -0.2) is 65.6 Å². The molecular weight excluding hydrogens is 305 g/mol. The lowest BCUT2D eigenvalue weighted by molar-refractivity contribution is 0.117. The zero-order valence-electron chi connectivity index (χ0n) is 14.4. The molecule has 1 fully saturated rings. The maximum atomic E-state index is 13.2. The summed E-state index contributed by atoms with van der Waals surface area (Å²) in [6.07, 6.45) is 3.56. The van der Waals surface area contributed by atoms with Crippen LogP contribution in [0.1, 0.15) is 24.4 Å². The van der Waals surface area contributed by atoms with Gasteiger partial charge in [0.05, 0.1) is 6.04 Å². The van der Waals surface area contributed by atoms with Crippen molar-refractivity contribution in [3.63, 3.8) is 0 Å². The van der Waals surface area contributed by atoms with Gasteiger partial charge in [-0.25, -0.2) is 9.37 Å². The molecule has 3 rings (SSSR count). The van der Waals surface area contributed by atoms with Crippen LogP contribution in [0.3, 0.4) is 0 Å². The van der Waals surface area contributed by atoms with E-state index in [9.17, 15) is 4.39 Å². The Hall–Kier alpha value is -1.76. The van der Waals surface area contributed by atoms with Gasteiger partial charge in [0.2, 0.25) is 0 Å². The topological polar surface area (TPSA) is 47.2 Å². The molecule has 1 aliphatic rings. The molecule has 0 saturated carbocycles. The van der Waals surface area contributed by atoms with Crippen LogP contribution < -0.4 is 5.32 Å². The van der Waals surface area contributed by atoms with E-state index >= 15 is 0 Å². The van der Waals surface area contributed by atoms with Gasteiger partial charge in [-0.1, -0.05) is 12.1 Å². The number of benzene rings is 1. The van der Waals surface area contributed by atoms with Crippen molar-refractivity contribution in [2.24, 2.45) is 0 Å². The second kappa shape index (κ2) is 7.88. The number of nitrogens with one attached hydrogen (secondary N) is 2. The number of rotatable bonds is 6. The van der Waals surface area contributed by atoms with Gasteiger partial charge in [0.1, 0.15) is 11.6 Å². The predicted molar refractivity (Wildman–Crippen MR) is 93.4 cm³/mol. The van der Waals surface area contributed by atoms with Crippen LogP contribution in [0.4, 0.5) is 4.39 Å². The van der Waals surface area contributed by atoms with Gasteiger partial charge < -0.3 is 15.2 Å². The van der Waals surface area contributed by atoms with E-state index < -0.39 is 0 Å². The number of nitrogens with zero attached hydrogens (tertiary/aromatic N) is 3. The Morgan fingerprint density at radius 2 is 1.92 bits per heavy atom. The molecule has 2 N–H and O–H groups in total. The summed E-state index contributed by atoms with van der Waals surface area (Å²) < 4.78 is 13.2. The van der Waals surface area contributed by atoms with Crippen molar-refractivity contribution in [2.75, 3.05) is 39.8 Å². The van der Waals surface area contributed by atoms with Gasteiger partial charge in [-0.3, -0.25) is 4.90 Å². The number of H-pyrrole nitrogens is 1. The van der Waals surface area contributed by atoms with Crippen molar-refractivity contribution < 1.29 is 4.39 Å². The molecule has 1 saturated heterocycles. The number of aromatic nitrogens is 2. The lowest BCUT2D eigenvalue weighted by atomic mass is 10.1. The van der Waals surface area contributed by atoms with Crippen LogP contribution in [0.25, 0.3) is 0 Å². The number of hydrogen-bond acceptors (Lipinski definition) is 4. The van der Waals surface area contributed by atoms with Crippen LogP contribution in [0.5, 0.6) is 0 Å². The zero-order chi connectivity index (χ0) is 16.9. The first-order valence-electron chi connectivity index (χ1n) is 8.54. The van der Waals surface area contributed by atoms with Gasteiger partial charge in [-0.05, 0) is 31.7 Å². The van der Waals surface area contributed by atoms with Crippen molar-refractivity contribution >= 4 is 0 Å². The van der Waals surface area contributed by atoms with E-state index in [4.69, 9.17) is 0 Å². The molecule has 1 aromatic heterocycles. The maximum Gasteiger partial charge on any atom is 0.127 e. The Morgan fingerprint density at radius 1 is 1.21 bits per heavy atom. The van der Waals surface area contributed by atoms with Crippen LogP contribution in [0, 0.1) is 5.82 Å². The molecular formula is C18H26FN5. The average Bonchev–Trinajstić information content (AvgIpc) is 3.11. The highest BCUT2D eigenvalue weighted by Gasteiger charge is 2.22. The number of aromatic amines is 1. The summed E-state index contributed by atoms with van der Waals surface area (Å²) >= 11 is 0. The van der Waals surface area contributed by atoms with Crippen molar-refractivity contribution in [3.05, 3.63) is 53.9 Å². The molecule has 0 radical (unpaired) electrons. The third-order valence-corrected chi connectivity index (χ3v) is 4.77. The van der Waals surface area contributed by atoms with E-state index in [0.717, 1.165) is 44.1 Å². The fourth-order valence-electron chi connectivity index (χ4n) is 3.14. The zero-order valence-corrected chi connectivity index (χ0v) is 14.4. The second-order valence-corrected chi connectivity index (χ2v) is 6.56. The number of piperazine rings is 1. The standard InChI is InChI=1S/C18H26FN5/c1-14(24-11-9-23(2)10-12-24)13-22-17(18-20-7-8-21-18)15-3-5-16(19)6-4-15/h3-8,14,17,22H,9-13H2,1-2H3,(H,20,21)/t14-,17-/m1/s1. The van der Waals surface area contributed by atoms with E-state index in [0.29, 0.717) is 6.04 Å². The van der Waals surface area contributed by atoms with Crippen molar-refractivity contribution in [3.8, 4) is 0 Å². The lowest BCUT2D eigenvalue weighted by Crippen LogP contribution is -2.51. The molecule has 2 atom stereocenters. The minimum absolute atomic E-state index is 0.0597. The molecule has 1 aromatic carbocycles. The summed E-state index contributed by atoms with van der Waals surface area (Å²) in [5.74, 6) is 0.634. The molecule has 6 heteroatoms. The molecule has 0 unspecified atom stereocenters. The van der Waals surface area contributed by atoms with Crippen LogP contribution in [0.2, 0.25) is 0 Å². The Kier molecular flexibility index (Phi) is 5.60. The van der Waals surface area contributed by atoms with E-state index in [1.807, 2.05) is 18.3 Å². The third kappa shape index (κ3) is 4.20. The van der Waals surface area contributed by atoms with Gasteiger partial charge >= 0.3 is 0 Å². The molecule has 5 nitrogen and oxygen atoms in total. The second-order valence-electron chi connectivity index (χ2n) is 6.56. The normalized spacial score (nSPS) is 19.3. The molecule has 130 valence electrons. The van der Waals surface area contributed by atoms with Crippen LogP contribution >= 0.6 is 0 Å². The minimum atomic E-state index is -0.220. The summed E-state index contributed by atoms with van der Waals surface area (Å²) in [5, 5.41) is 3.59. The van der Waals surface area contributed by atoms with Crippen molar-refractivity contribution in [2.45, 2.75) is 19.0 Å². The molecule has 2 heterocycles. The molecule has 0 spiro atoms. The first-order chi connectivity index (χ1) is 11.6. The van der Waals surface area contributed by atoms with Gasteiger partial charge in [-0.2, -0.15) is 0 Å². The quantitative estimate of drug-likeness (QED) is 0.848. The molecule has 0 bridgehead atoms. The monoisotopic (exact) mass is 331 g/mol. The Balaban J connectivity index is 1.65. The van der Waals surface area contributed by atoms with Gasteiger partial charge in [0, 0.05) is 51.2 Å². The van der Waals surface area contributed by atoms with Crippen LogP contribution in [0.15, 0.2) is 36.7 Å². The summed E-state index contributed by atoms with van der Waals surface area (Å²) in [6, 6.07) is 7.01. The molecule has 24 heavy (non-hydrogen) atoms. The number of halogens is 1. The molecule has 0 aliphatic carbocycles. The summed E-state index contributed by atoms with van der Waals surface area (Å²) in [7, 11) is 2.17. The predicted octanol–water partition coefficient (Wildman–Crippen LogP) is 1.86. The van der Waals surface area contributed by atoms with E-state index in [2.05, 4.69) is 39.1 Å². The summed E-state index contributed by atoms with van der Waals surface area (Å²) in [6.45, 7) is 7.53. The fourth-order valence-corrected chi connectivity index (χ4v) is 3.14. The van der Waals surface area contributed by atoms with E-state index in [1.54, 1.807) is 6.20 Å². The highest BCUT2D eigenvalue weighted by molar-refractivity contribution is 5.25. The third-order valence-electron chi connectivity index (χ3n) is 4.77. The Labute approximate surface area is 142 Å². The highest BCUT2D eigenvalue weighted by atomic mass is 19.1. The maximum absolute atomic E-state index is 13.2. The highest BCUT2D eigenvalue weighted by Crippen LogP contribution is 2.19. The SMILES string of the molecule is C[C@H](CN[C@H](c1ccc(F)cc1)c1ncc[nH]1)N1CCN(C)CC1. The molecule has 0 amide bonds. The van der Waals surface area contributed by atoms with Crippen molar-refractivity contribution in [1.82, 2.24) is 25.1 Å². The Bertz CT molecular complexity index is 605. The van der Waals surface area contributed by atoms with E-state index in [1.165, 1.54) is 12.1 Å². The first kappa shape index (κ1) is 17.1. The smallest absolute Gasteiger partial charge is 0.127 e. The lowest BCUT2D eigenvalue weighted by Gasteiger charge is -2.37. The minimum Gasteiger partial charge on any atom is -0.347 e. The largest absolute Gasteiger partial charge is 0.347 e. The Morgan fingerprint density at radius 3 is 2.54 bits per heavy atom. The van der Waals surface area contributed by atoms with Crippen molar-refractivity contribution in [1.29, 1.82) is 0 Å². The molecule has 1 aliphatic heterocycles. The number of hydrogen-bond donors (Lipinski definition) is 2. The summed E-state index contributed by atoms with van der Waals surface area (Å²) in [5.41, 5.74) is 1.01. The van der Waals surface area contributed by atoms with Crippen LogP contribution in [-0.2, 0) is 0 Å². The van der Waals surface area contributed by atoms with Gasteiger partial charge in [0.25, 0.3) is 0 Å². The van der Waals surface area contributed by atoms with E-state index in [-0.39, 0.29) is 11.9 Å². The van der Waals surface area contributed by atoms with Gasteiger partial charge in [0.15, 0.2) is 0 Å².